The van der Waals surface area contributed by atoms with Crippen LogP contribution in [0, 0.1) is 0 Å². The molecule has 15 rings (SSSR count). The average Bonchev–Trinajstić information content (AvgIpc) is 3.81. The van der Waals surface area contributed by atoms with Gasteiger partial charge in [0.05, 0.1) is 16.8 Å². The van der Waals surface area contributed by atoms with E-state index >= 15 is 0 Å². The second-order valence-electron chi connectivity index (χ2n) is 23.6. The topological polar surface area (TPSA) is 8.17 Å². The molecule has 326 valence electrons. The molecule has 10 aromatic carbocycles. The average molecular weight is 873 g/mol. The second kappa shape index (κ2) is 12.3. The highest BCUT2D eigenvalue weighted by atomic mass is 15.2. The van der Waals surface area contributed by atoms with Gasteiger partial charge in [-0.05, 0) is 135 Å². The van der Waals surface area contributed by atoms with Crippen LogP contribution in [0.1, 0.15) is 101 Å². The van der Waals surface area contributed by atoms with E-state index < -0.39 is 5.41 Å². The standard InChI is InChI=1S/C65H53BN2/c1-62(2,3)38-27-30-53-45(33-38)46-34-40(64(7,8)9)35-47-57-43-28-25-36-31-39(63(4,5)6)32-37-26-29-44(56(43)55(36)37)60-58(57)66(68(53)59(46)47)52-23-16-22-51-61(52)67(60)54-24-15-14-21-50(54)65(51)48-19-12-10-17-41(48)42-18-11-13-20-49(42)65/h10-35H,1-9H3. The van der Waals surface area contributed by atoms with Gasteiger partial charge in [0.15, 0.2) is 0 Å². The molecule has 0 fully saturated rings. The van der Waals surface area contributed by atoms with Crippen LogP contribution in [0.25, 0.3) is 76.4 Å². The van der Waals surface area contributed by atoms with Crippen molar-refractivity contribution < 1.29 is 0 Å². The van der Waals surface area contributed by atoms with Crippen LogP contribution < -0.4 is 15.8 Å². The van der Waals surface area contributed by atoms with E-state index in [1.54, 1.807) is 0 Å². The Labute approximate surface area is 399 Å². The van der Waals surface area contributed by atoms with Gasteiger partial charge in [0.25, 0.3) is 0 Å². The molecule has 0 saturated heterocycles. The van der Waals surface area contributed by atoms with Crippen LogP contribution in [0.2, 0.25) is 0 Å². The highest BCUT2D eigenvalue weighted by molar-refractivity contribution is 6.91. The molecule has 2 nitrogen and oxygen atoms in total. The van der Waals surface area contributed by atoms with Gasteiger partial charge in [-0.15, -0.1) is 0 Å². The fourth-order valence-electron chi connectivity index (χ4n) is 13.8. The number of para-hydroxylation sites is 2. The minimum atomic E-state index is -0.511. The van der Waals surface area contributed by atoms with Crippen LogP contribution in [0.5, 0.6) is 0 Å². The maximum Gasteiger partial charge on any atom is 0.333 e. The van der Waals surface area contributed by atoms with Gasteiger partial charge in [0, 0.05) is 43.8 Å². The summed E-state index contributed by atoms with van der Waals surface area (Å²) in [5.74, 6) is 0. The molecule has 68 heavy (non-hydrogen) atoms. The van der Waals surface area contributed by atoms with Crippen molar-refractivity contribution in [1.82, 2.24) is 4.48 Å². The largest absolute Gasteiger partial charge is 0.375 e. The first-order valence-corrected chi connectivity index (χ1v) is 24.8. The Kier molecular flexibility index (Phi) is 7.06. The molecule has 1 aromatic heterocycles. The van der Waals surface area contributed by atoms with Crippen LogP contribution >= 0.6 is 0 Å². The zero-order valence-electron chi connectivity index (χ0n) is 40.5. The van der Waals surface area contributed by atoms with Gasteiger partial charge in [0.1, 0.15) is 0 Å². The van der Waals surface area contributed by atoms with Crippen molar-refractivity contribution in [2.75, 3.05) is 4.90 Å². The number of rotatable bonds is 0. The van der Waals surface area contributed by atoms with E-state index in [0.29, 0.717) is 0 Å². The lowest BCUT2D eigenvalue weighted by molar-refractivity contribution is 0.590. The highest BCUT2D eigenvalue weighted by Gasteiger charge is 2.55. The number of nitrogens with zero attached hydrogens (tertiary/aromatic N) is 2. The normalized spacial score (nSPS) is 15.2. The van der Waals surface area contributed by atoms with Gasteiger partial charge in [-0.1, -0.05) is 190 Å². The molecule has 0 amide bonds. The van der Waals surface area contributed by atoms with Gasteiger partial charge < -0.3 is 9.38 Å². The van der Waals surface area contributed by atoms with Gasteiger partial charge in [-0.3, -0.25) is 0 Å². The predicted molar refractivity (Wildman–Crippen MR) is 291 cm³/mol. The quantitative estimate of drug-likeness (QED) is 0.109. The molecule has 0 bridgehead atoms. The molecule has 1 spiro atoms. The van der Waals surface area contributed by atoms with Crippen molar-refractivity contribution in [3.8, 4) is 22.3 Å². The molecule has 0 atom stereocenters. The lowest BCUT2D eigenvalue weighted by Crippen LogP contribution is -2.58. The van der Waals surface area contributed by atoms with Crippen LogP contribution in [0.3, 0.4) is 0 Å². The molecule has 0 saturated carbocycles. The second-order valence-corrected chi connectivity index (χ2v) is 23.6. The summed E-state index contributed by atoms with van der Waals surface area (Å²) in [4.78, 5) is 2.75. The summed E-state index contributed by atoms with van der Waals surface area (Å²) in [7, 11) is 0. The zero-order chi connectivity index (χ0) is 46.1. The Hall–Kier alpha value is -7.10. The van der Waals surface area contributed by atoms with Crippen LogP contribution in [-0.4, -0.2) is 11.3 Å². The van der Waals surface area contributed by atoms with Gasteiger partial charge in [-0.25, -0.2) is 0 Å². The third-order valence-electron chi connectivity index (χ3n) is 16.9. The van der Waals surface area contributed by atoms with Crippen LogP contribution in [0.4, 0.5) is 17.1 Å². The fourth-order valence-corrected chi connectivity index (χ4v) is 13.8. The molecule has 0 radical (unpaired) electrons. The smallest absolute Gasteiger partial charge is 0.333 e. The third-order valence-corrected chi connectivity index (χ3v) is 16.9. The highest BCUT2D eigenvalue weighted by Crippen LogP contribution is 2.65. The Bertz CT molecular complexity index is 4040. The molecule has 4 heterocycles. The summed E-state index contributed by atoms with van der Waals surface area (Å²) in [6.45, 7) is 21.2. The summed E-state index contributed by atoms with van der Waals surface area (Å²) < 4.78 is 2.79. The molecule has 1 aliphatic carbocycles. The molecule has 11 aromatic rings. The van der Waals surface area contributed by atoms with Crippen molar-refractivity contribution in [3.05, 3.63) is 197 Å². The summed E-state index contributed by atoms with van der Waals surface area (Å²) in [6, 6.07) is 62.5. The summed E-state index contributed by atoms with van der Waals surface area (Å²) in [5, 5.41) is 10.7. The van der Waals surface area contributed by atoms with Crippen molar-refractivity contribution in [2.24, 2.45) is 0 Å². The Morgan fingerprint density at radius 1 is 0.426 bits per heavy atom. The molecular formula is C65H53BN2. The van der Waals surface area contributed by atoms with E-state index in [-0.39, 0.29) is 23.1 Å². The number of anilines is 3. The maximum atomic E-state index is 2.79. The van der Waals surface area contributed by atoms with E-state index in [4.69, 9.17) is 0 Å². The molecule has 4 aliphatic rings. The van der Waals surface area contributed by atoms with E-state index in [9.17, 15) is 0 Å². The predicted octanol–water partition coefficient (Wildman–Crippen LogP) is 15.7. The van der Waals surface area contributed by atoms with Crippen LogP contribution in [-0.2, 0) is 21.7 Å². The molecular weight excluding hydrogens is 820 g/mol. The number of aromatic nitrogens is 1. The lowest BCUT2D eigenvalue weighted by atomic mass is 9.43. The van der Waals surface area contributed by atoms with E-state index in [0.717, 1.165) is 0 Å². The van der Waals surface area contributed by atoms with E-state index in [1.165, 1.54) is 143 Å². The third kappa shape index (κ3) is 4.53. The van der Waals surface area contributed by atoms with E-state index in [2.05, 4.69) is 229 Å². The number of hydrogen-bond acceptors (Lipinski definition) is 1. The first kappa shape index (κ1) is 39.0. The summed E-state index contributed by atoms with van der Waals surface area (Å²) >= 11 is 0. The lowest BCUT2D eigenvalue weighted by Gasteiger charge is -2.50. The molecule has 0 unspecified atom stereocenters. The van der Waals surface area contributed by atoms with Crippen molar-refractivity contribution in [3.63, 3.8) is 0 Å². The van der Waals surface area contributed by atoms with Gasteiger partial charge in [-0.2, -0.15) is 0 Å². The SMILES string of the molecule is CC(C)(C)c1cc2ccc3c4c5c(c6ccc(c1)c2c36)N1c2ccccc2C2(c3ccccc3-c3ccccc32)c2cccc(c21)B5n1c2ccc(C(C)(C)C)cc2c2cc(C(C)(C)C)cc-4c21. The maximum absolute atomic E-state index is 2.79. The Balaban J connectivity index is 1.19. The van der Waals surface area contributed by atoms with Gasteiger partial charge >= 0.3 is 6.85 Å². The number of fused-ring (bicyclic) bond motifs is 18. The molecule has 3 aliphatic heterocycles. The van der Waals surface area contributed by atoms with Crippen molar-refractivity contribution >= 4 is 89.0 Å². The van der Waals surface area contributed by atoms with E-state index in [1.807, 2.05) is 0 Å². The van der Waals surface area contributed by atoms with Gasteiger partial charge in [0.2, 0.25) is 0 Å². The summed E-state index contributed by atoms with van der Waals surface area (Å²) in [5.41, 5.74) is 23.7. The molecule has 3 heteroatoms. The van der Waals surface area contributed by atoms with Crippen molar-refractivity contribution in [2.45, 2.75) is 84.0 Å². The monoisotopic (exact) mass is 872 g/mol. The first-order valence-electron chi connectivity index (χ1n) is 24.8. The fraction of sp³-hybridized carbons (Fsp3) is 0.200. The first-order chi connectivity index (χ1) is 32.7. The Morgan fingerprint density at radius 3 is 1.69 bits per heavy atom. The zero-order valence-corrected chi connectivity index (χ0v) is 40.5. The number of benzene rings is 10. The van der Waals surface area contributed by atoms with Crippen LogP contribution in [0.15, 0.2) is 158 Å². The Morgan fingerprint density at radius 2 is 1.01 bits per heavy atom. The molecule has 0 N–H and O–H groups in total. The minimum absolute atomic E-state index is 0.00111. The summed E-state index contributed by atoms with van der Waals surface area (Å²) in [6.07, 6.45) is 0. The van der Waals surface area contributed by atoms with Crippen molar-refractivity contribution in [1.29, 1.82) is 0 Å². The number of hydrogen-bond donors (Lipinski definition) is 0. The minimum Gasteiger partial charge on any atom is -0.375 e.